The van der Waals surface area contributed by atoms with Crippen LogP contribution in [-0.4, -0.2) is 96.7 Å². The lowest BCUT2D eigenvalue weighted by molar-refractivity contribution is -0.161. The van der Waals surface area contributed by atoms with Crippen LogP contribution in [-0.2, 0) is 65.4 Å². The van der Waals surface area contributed by atoms with E-state index < -0.39 is 97.5 Å². The van der Waals surface area contributed by atoms with Crippen LogP contribution in [0.2, 0.25) is 0 Å². The van der Waals surface area contributed by atoms with E-state index >= 15 is 0 Å². The monoisotopic (exact) mass is 1370 g/mol. The van der Waals surface area contributed by atoms with Crippen LogP contribution in [0, 0.1) is 11.8 Å². The van der Waals surface area contributed by atoms with E-state index in [1.807, 2.05) is 0 Å². The van der Waals surface area contributed by atoms with Crippen molar-refractivity contribution >= 4 is 39.5 Å². The van der Waals surface area contributed by atoms with Gasteiger partial charge in [0.2, 0.25) is 0 Å². The van der Waals surface area contributed by atoms with Gasteiger partial charge in [0.1, 0.15) is 19.3 Å². The Morgan fingerprint density at radius 1 is 0.301 bits per heavy atom. The molecular weight excluding hydrogens is 1220 g/mol. The Kier molecular flexibility index (Phi) is 64.6. The smallest absolute Gasteiger partial charge is 0.462 e. The van der Waals surface area contributed by atoms with Crippen molar-refractivity contribution in [2.75, 3.05) is 39.6 Å². The van der Waals surface area contributed by atoms with Crippen LogP contribution in [0.15, 0.2) is 0 Å². The maximum Gasteiger partial charge on any atom is 0.472 e. The molecule has 19 heteroatoms. The molecule has 0 amide bonds. The van der Waals surface area contributed by atoms with Gasteiger partial charge in [-0.05, 0) is 37.5 Å². The molecule has 0 aromatic heterocycles. The van der Waals surface area contributed by atoms with Crippen LogP contribution >= 0.6 is 15.6 Å². The number of phosphoric ester groups is 2. The van der Waals surface area contributed by atoms with Crippen molar-refractivity contribution in [1.82, 2.24) is 0 Å². The summed E-state index contributed by atoms with van der Waals surface area (Å²) in [5, 5.41) is 10.6. The quantitative estimate of drug-likeness (QED) is 0.0222. The lowest BCUT2D eigenvalue weighted by Gasteiger charge is -2.21. The molecule has 0 aromatic carbocycles. The molecule has 0 rings (SSSR count). The van der Waals surface area contributed by atoms with Gasteiger partial charge in [-0.15, -0.1) is 0 Å². The predicted octanol–water partition coefficient (Wildman–Crippen LogP) is 21.6. The highest BCUT2D eigenvalue weighted by Gasteiger charge is 2.30. The summed E-state index contributed by atoms with van der Waals surface area (Å²) >= 11 is 0. The summed E-state index contributed by atoms with van der Waals surface area (Å²) in [4.78, 5) is 72.5. The van der Waals surface area contributed by atoms with E-state index in [4.69, 9.17) is 37.0 Å². The molecule has 0 heterocycles. The molecule has 93 heavy (non-hydrogen) atoms. The molecule has 17 nitrogen and oxygen atoms in total. The summed E-state index contributed by atoms with van der Waals surface area (Å²) in [6.45, 7) is 9.55. The lowest BCUT2D eigenvalue weighted by Crippen LogP contribution is -2.30. The Morgan fingerprint density at radius 2 is 0.516 bits per heavy atom. The van der Waals surface area contributed by atoms with Crippen LogP contribution in [0.3, 0.4) is 0 Å². The van der Waals surface area contributed by atoms with Gasteiger partial charge in [0, 0.05) is 25.7 Å². The summed E-state index contributed by atoms with van der Waals surface area (Å²) in [7, 11) is -9.90. The third kappa shape index (κ3) is 65.8. The van der Waals surface area contributed by atoms with Crippen molar-refractivity contribution < 1.29 is 80.2 Å². The highest BCUT2D eigenvalue weighted by Crippen LogP contribution is 2.45. The topological polar surface area (TPSA) is 237 Å². The summed E-state index contributed by atoms with van der Waals surface area (Å²) in [6, 6.07) is 0. The normalized spacial score (nSPS) is 14.6. The molecule has 0 bridgehead atoms. The number of hydrogen-bond acceptors (Lipinski definition) is 15. The average molecular weight is 1370 g/mol. The van der Waals surface area contributed by atoms with Gasteiger partial charge < -0.3 is 33.8 Å². The van der Waals surface area contributed by atoms with Gasteiger partial charge in [-0.25, -0.2) is 9.13 Å². The van der Waals surface area contributed by atoms with Crippen LogP contribution in [0.4, 0.5) is 0 Å². The highest BCUT2D eigenvalue weighted by molar-refractivity contribution is 7.47. The fourth-order valence-corrected chi connectivity index (χ4v) is 12.8. The molecule has 3 N–H and O–H groups in total. The molecule has 0 aliphatic carbocycles. The van der Waals surface area contributed by atoms with Crippen LogP contribution in [0.25, 0.3) is 0 Å². The zero-order chi connectivity index (χ0) is 68.6. The third-order valence-corrected chi connectivity index (χ3v) is 19.8. The van der Waals surface area contributed by atoms with Gasteiger partial charge in [0.15, 0.2) is 12.2 Å². The van der Waals surface area contributed by atoms with Gasteiger partial charge in [-0.2, -0.15) is 0 Å². The minimum Gasteiger partial charge on any atom is -0.462 e. The van der Waals surface area contributed by atoms with E-state index in [0.29, 0.717) is 25.7 Å². The molecule has 0 saturated carbocycles. The van der Waals surface area contributed by atoms with Crippen LogP contribution in [0.1, 0.15) is 382 Å². The number of aliphatic hydroxyl groups excluding tert-OH is 1. The number of rotatable bonds is 73. The largest absolute Gasteiger partial charge is 0.472 e. The lowest BCUT2D eigenvalue weighted by atomic mass is 9.99. The van der Waals surface area contributed by atoms with Gasteiger partial charge in [-0.1, -0.05) is 330 Å². The summed E-state index contributed by atoms with van der Waals surface area (Å²) in [6.07, 6.45) is 53.0. The standard InChI is InChI=1S/C74H144O17P2/c1-7-11-13-15-17-18-19-20-28-31-34-38-45-51-57-72(77)85-63-69(90-73(78)58-52-46-39-35-32-29-26-24-22-21-23-25-27-30-33-37-42-48-54-66(5)9-3)64-88-92(80,81)86-60-68(75)61-87-93(82,83)89-65-70(62-84-71(76)56-50-44-36-16-14-12-8-2)91-74(79)59-53-47-41-40-43-49-55-67(6)10-4/h66-70,75H,7-65H2,1-6H3,(H,80,81)(H,82,83)/t66?,67?,68-,69-,70-/m1/s1. The Morgan fingerprint density at radius 3 is 0.763 bits per heavy atom. The van der Waals surface area contributed by atoms with Crippen molar-refractivity contribution in [3.05, 3.63) is 0 Å². The van der Waals surface area contributed by atoms with Gasteiger partial charge in [0.05, 0.1) is 26.4 Å². The predicted molar refractivity (Wildman–Crippen MR) is 377 cm³/mol. The van der Waals surface area contributed by atoms with Gasteiger partial charge in [0.25, 0.3) is 0 Å². The second-order valence-electron chi connectivity index (χ2n) is 27.2. The first-order chi connectivity index (χ1) is 44.9. The fourth-order valence-electron chi connectivity index (χ4n) is 11.2. The maximum atomic E-state index is 13.1. The average Bonchev–Trinajstić information content (AvgIpc) is 3.26. The number of carbonyl (C=O) groups is 4. The van der Waals surface area contributed by atoms with E-state index in [1.165, 1.54) is 186 Å². The first-order valence-corrected chi connectivity index (χ1v) is 41.6. The van der Waals surface area contributed by atoms with Gasteiger partial charge >= 0.3 is 39.5 Å². The van der Waals surface area contributed by atoms with E-state index in [0.717, 1.165) is 115 Å². The molecule has 0 aromatic rings. The number of unbranched alkanes of at least 4 members (excludes halogenated alkanes) is 41. The Balaban J connectivity index is 5.14. The van der Waals surface area contributed by atoms with E-state index in [9.17, 15) is 43.2 Å². The first kappa shape index (κ1) is 91.1. The number of ether oxygens (including phenoxy) is 4. The van der Waals surface area contributed by atoms with Crippen molar-refractivity contribution in [1.29, 1.82) is 0 Å². The van der Waals surface area contributed by atoms with Crippen molar-refractivity contribution in [3.63, 3.8) is 0 Å². The van der Waals surface area contributed by atoms with E-state index in [2.05, 4.69) is 41.5 Å². The molecule has 0 spiro atoms. The molecule has 4 unspecified atom stereocenters. The SMILES string of the molecule is CCCCCCCCCCCCCCCCC(=O)OC[C@H](COP(=O)(O)OC[C@@H](O)COP(=O)(O)OC[C@@H](COC(=O)CCCCCCCCC)OC(=O)CCCCCCCCC(C)CC)OC(=O)CCCCCCCCCCCCCCCCCCCCC(C)CC. The molecule has 0 fully saturated rings. The molecule has 0 aliphatic heterocycles. The zero-order valence-electron chi connectivity index (χ0n) is 60.6. The zero-order valence-corrected chi connectivity index (χ0v) is 62.3. The van der Waals surface area contributed by atoms with Crippen LogP contribution in [0.5, 0.6) is 0 Å². The summed E-state index contributed by atoms with van der Waals surface area (Å²) in [5.74, 6) is -0.535. The van der Waals surface area contributed by atoms with Crippen molar-refractivity contribution in [2.24, 2.45) is 11.8 Å². The summed E-state index contributed by atoms with van der Waals surface area (Å²) in [5.41, 5.74) is 0. The molecule has 0 radical (unpaired) electrons. The minimum absolute atomic E-state index is 0.103. The van der Waals surface area contributed by atoms with Crippen molar-refractivity contribution in [2.45, 2.75) is 400 Å². The van der Waals surface area contributed by atoms with E-state index in [-0.39, 0.29) is 25.7 Å². The maximum absolute atomic E-state index is 13.1. The Hall–Kier alpha value is -1.94. The Labute approximate surface area is 568 Å². The number of carbonyl (C=O) groups excluding carboxylic acids is 4. The third-order valence-electron chi connectivity index (χ3n) is 17.9. The molecule has 0 saturated heterocycles. The minimum atomic E-state index is -4.95. The summed E-state index contributed by atoms with van der Waals surface area (Å²) < 4.78 is 68.3. The number of phosphoric acid groups is 2. The molecule has 0 aliphatic rings. The highest BCUT2D eigenvalue weighted by atomic mass is 31.2. The second-order valence-corrected chi connectivity index (χ2v) is 30.1. The number of aliphatic hydroxyl groups is 1. The molecule has 552 valence electrons. The number of esters is 4. The van der Waals surface area contributed by atoms with Gasteiger partial charge in [-0.3, -0.25) is 37.3 Å². The molecule has 7 atom stereocenters. The first-order valence-electron chi connectivity index (χ1n) is 38.6. The Bertz CT molecular complexity index is 1810. The van der Waals surface area contributed by atoms with Crippen molar-refractivity contribution in [3.8, 4) is 0 Å². The molecular formula is C74H144O17P2. The fraction of sp³-hybridized carbons (Fsp3) is 0.946. The van der Waals surface area contributed by atoms with E-state index in [1.54, 1.807) is 0 Å². The number of hydrogen-bond donors (Lipinski definition) is 3. The second kappa shape index (κ2) is 66.0. The van der Waals surface area contributed by atoms with Crippen LogP contribution < -0.4 is 0 Å².